The minimum absolute atomic E-state index is 0. The molecular weight excluding hydrogens is 502 g/mol. The molecule has 1 fully saturated rings. The van der Waals surface area contributed by atoms with E-state index < -0.39 is 5.91 Å². The Morgan fingerprint density at radius 3 is 2.65 bits per heavy atom. The summed E-state index contributed by atoms with van der Waals surface area (Å²) in [6.07, 6.45) is 5.27. The molecule has 3 aromatic rings. The van der Waals surface area contributed by atoms with Crippen molar-refractivity contribution in [2.75, 3.05) is 10.6 Å². The van der Waals surface area contributed by atoms with Crippen LogP contribution in [0.4, 0.5) is 17.3 Å². The number of primary amides is 1. The van der Waals surface area contributed by atoms with Crippen LogP contribution in [0.15, 0.2) is 42.7 Å². The zero-order chi connectivity index (χ0) is 16.5. The average molecular weight is 519 g/mol. The molecule has 2 aromatic heterocycles. The molecule has 1 aliphatic rings. The molecule has 0 radical (unpaired) electrons. The van der Waals surface area contributed by atoms with Crippen molar-refractivity contribution in [2.24, 2.45) is 5.73 Å². The van der Waals surface area contributed by atoms with Crippen molar-refractivity contribution in [1.82, 2.24) is 15.0 Å². The minimum atomic E-state index is -0.635. The first kappa shape index (κ1) is 19.7. The van der Waals surface area contributed by atoms with Crippen LogP contribution in [0.2, 0.25) is 0 Å². The zero-order valence-corrected chi connectivity index (χ0v) is 16.7. The number of anilines is 3. The van der Waals surface area contributed by atoms with Gasteiger partial charge in [-0.3, -0.25) is 9.78 Å². The van der Waals surface area contributed by atoms with Crippen LogP contribution in [-0.4, -0.2) is 20.9 Å². The van der Waals surface area contributed by atoms with E-state index in [-0.39, 0.29) is 32.9 Å². The van der Waals surface area contributed by atoms with Gasteiger partial charge in [-0.2, -0.15) is 12.8 Å². The summed E-state index contributed by atoms with van der Waals surface area (Å²) in [4.78, 5) is 24.5. The van der Waals surface area contributed by atoms with Gasteiger partial charge in [0.15, 0.2) is 11.5 Å². The number of hydrogen-bond donors (Lipinski definition) is 3. The van der Waals surface area contributed by atoms with E-state index in [1.807, 2.05) is 30.3 Å². The van der Waals surface area contributed by atoms with E-state index in [9.17, 15) is 4.79 Å². The quantitative estimate of drug-likeness (QED) is 0.442. The van der Waals surface area contributed by atoms with Crippen molar-refractivity contribution in [2.45, 2.75) is 12.8 Å². The van der Waals surface area contributed by atoms with Crippen LogP contribution in [-0.2, 0) is 21.1 Å². The van der Waals surface area contributed by atoms with Crippen LogP contribution >= 0.6 is 0 Å². The molecule has 8 nitrogen and oxygen atoms in total. The standard InChI is InChI=1S/C17H15N6O.H2N.W/c18-16(24)15-17(23-14(9-20-15)21-11-5-6-11)22-12-7-10-3-1-2-4-13(10)19-8-12;;/h1-4,7-9H,5-6H2,(H2,18,24)(H2,21,22,23);1H2;/q2*-1;+2. The van der Waals surface area contributed by atoms with Crippen molar-refractivity contribution in [3.05, 3.63) is 60.6 Å². The predicted molar refractivity (Wildman–Crippen MR) is 97.0 cm³/mol. The number of para-hydroxylation sites is 1. The van der Waals surface area contributed by atoms with Crippen LogP contribution < -0.4 is 16.4 Å². The van der Waals surface area contributed by atoms with E-state index in [4.69, 9.17) is 5.73 Å². The molecule has 0 spiro atoms. The van der Waals surface area contributed by atoms with Crippen LogP contribution in [0.5, 0.6) is 0 Å². The molecule has 1 amide bonds. The molecule has 0 bridgehead atoms. The number of benzene rings is 1. The predicted octanol–water partition coefficient (Wildman–Crippen LogP) is 3.32. The van der Waals surface area contributed by atoms with Crippen molar-refractivity contribution in [1.29, 1.82) is 0 Å². The Balaban J connectivity index is 0.00000121. The first-order valence-electron chi connectivity index (χ1n) is 7.59. The number of carbonyl (C=O) groups is 1. The summed E-state index contributed by atoms with van der Waals surface area (Å²) < 4.78 is 0. The Hall–Kier alpha value is -2.57. The topological polar surface area (TPSA) is 139 Å². The smallest absolute Gasteiger partial charge is 0.693 e. The summed E-state index contributed by atoms with van der Waals surface area (Å²) in [5.74, 6) is 0.263. The van der Waals surface area contributed by atoms with Crippen LogP contribution in [0, 0.1) is 6.04 Å². The normalized spacial score (nSPS) is 12.6. The fourth-order valence-corrected chi connectivity index (χ4v) is 2.36. The Morgan fingerprint density at radius 2 is 1.92 bits per heavy atom. The number of rotatable bonds is 5. The molecule has 1 aromatic carbocycles. The third-order valence-electron chi connectivity index (χ3n) is 3.66. The second-order valence-corrected chi connectivity index (χ2v) is 5.59. The number of pyridine rings is 1. The maximum Gasteiger partial charge on any atom is 2.00 e. The second-order valence-electron chi connectivity index (χ2n) is 5.59. The Labute approximate surface area is 164 Å². The minimum Gasteiger partial charge on any atom is -0.693 e. The Bertz CT molecular complexity index is 930. The van der Waals surface area contributed by atoms with E-state index >= 15 is 0 Å². The van der Waals surface area contributed by atoms with Crippen molar-refractivity contribution >= 4 is 34.1 Å². The second kappa shape index (κ2) is 8.20. The third-order valence-corrected chi connectivity index (χ3v) is 3.66. The van der Waals surface area contributed by atoms with Gasteiger partial charge in [0, 0.05) is 5.39 Å². The maximum absolute atomic E-state index is 11.6. The van der Waals surface area contributed by atoms with Crippen molar-refractivity contribution < 1.29 is 25.9 Å². The van der Waals surface area contributed by atoms with Crippen molar-refractivity contribution in [3.63, 3.8) is 0 Å². The maximum atomic E-state index is 11.6. The molecule has 0 unspecified atom stereocenters. The van der Waals surface area contributed by atoms with Gasteiger partial charge >= 0.3 is 21.1 Å². The number of nitrogens with zero attached hydrogens (tertiary/aromatic N) is 3. The van der Waals surface area contributed by atoms with E-state index in [0.29, 0.717) is 17.3 Å². The number of amides is 1. The molecule has 26 heavy (non-hydrogen) atoms. The van der Waals surface area contributed by atoms with Gasteiger partial charge in [0.2, 0.25) is 0 Å². The molecule has 6 N–H and O–H groups in total. The molecule has 4 rings (SSSR count). The molecule has 1 saturated carbocycles. The molecule has 1 aliphatic carbocycles. The number of nitrogens with two attached hydrogens (primary N) is 2. The first-order chi connectivity index (χ1) is 11.7. The number of aromatic nitrogens is 3. The molecule has 2 heterocycles. The summed E-state index contributed by atoms with van der Waals surface area (Å²) in [7, 11) is 0. The number of hydrogen-bond acceptors (Lipinski definition) is 6. The Kier molecular flexibility index (Phi) is 6.23. The third kappa shape index (κ3) is 4.33. The first-order valence-corrected chi connectivity index (χ1v) is 7.59. The monoisotopic (exact) mass is 519 g/mol. The van der Waals surface area contributed by atoms with Gasteiger partial charge in [-0.1, -0.05) is 18.2 Å². The molecule has 132 valence electrons. The average Bonchev–Trinajstić information content (AvgIpc) is 3.39. The van der Waals surface area contributed by atoms with Gasteiger partial charge in [0.05, 0.1) is 23.6 Å². The fourth-order valence-electron chi connectivity index (χ4n) is 2.36. The molecule has 0 atom stereocenters. The van der Waals surface area contributed by atoms with Gasteiger partial charge in [-0.15, -0.1) is 0 Å². The van der Waals surface area contributed by atoms with E-state index in [0.717, 1.165) is 23.7 Å². The van der Waals surface area contributed by atoms with Gasteiger partial charge in [-0.05, 0) is 12.1 Å². The van der Waals surface area contributed by atoms with E-state index in [1.54, 1.807) is 6.20 Å². The van der Waals surface area contributed by atoms with Gasteiger partial charge < -0.3 is 22.5 Å². The molecule has 0 aliphatic heterocycles. The molecule has 9 heteroatoms. The number of carbonyl (C=O) groups excluding carboxylic acids is 1. The number of fused-ring (bicyclic) bond motifs is 1. The zero-order valence-electron chi connectivity index (χ0n) is 13.8. The summed E-state index contributed by atoms with van der Waals surface area (Å²) in [5.41, 5.74) is 7.10. The van der Waals surface area contributed by atoms with Crippen LogP contribution in [0.1, 0.15) is 23.3 Å². The van der Waals surface area contributed by atoms with Crippen molar-refractivity contribution in [3.8, 4) is 0 Å². The SMILES string of the molecule is NC(=O)c1ncc(N[C-]2CC2)nc1Nc1cnc2ccccc2c1.[NH2-].[W+2]. The van der Waals surface area contributed by atoms with Crippen LogP contribution in [0.3, 0.4) is 0 Å². The largest absolute Gasteiger partial charge is 2.00 e. The van der Waals surface area contributed by atoms with Crippen LogP contribution in [0.25, 0.3) is 17.1 Å². The Morgan fingerprint density at radius 1 is 1.15 bits per heavy atom. The molecular formula is C17H17N7OW. The summed E-state index contributed by atoms with van der Waals surface area (Å²) >= 11 is 0. The van der Waals surface area contributed by atoms with E-state index in [1.165, 1.54) is 12.2 Å². The van der Waals surface area contributed by atoms with E-state index in [2.05, 4.69) is 25.6 Å². The summed E-state index contributed by atoms with van der Waals surface area (Å²) in [5, 5.41) is 7.25. The fraction of sp³-hybridized carbons (Fsp3) is 0.118. The van der Waals surface area contributed by atoms with Gasteiger partial charge in [0.1, 0.15) is 5.82 Å². The van der Waals surface area contributed by atoms with Gasteiger partial charge in [0.25, 0.3) is 5.91 Å². The summed E-state index contributed by atoms with van der Waals surface area (Å²) in [6, 6.07) is 10.9. The van der Waals surface area contributed by atoms with Gasteiger partial charge in [-0.25, -0.2) is 16.0 Å². The number of nitrogens with one attached hydrogen (secondary N) is 2. The summed E-state index contributed by atoms with van der Waals surface area (Å²) in [6.45, 7) is 0. The molecule has 0 saturated heterocycles.